The second kappa shape index (κ2) is 11.1. The van der Waals surface area contributed by atoms with E-state index in [2.05, 4.69) is 47.8 Å². The highest BCUT2D eigenvalue weighted by atomic mass is 16.1. The van der Waals surface area contributed by atoms with Crippen molar-refractivity contribution in [2.45, 2.75) is 46.6 Å². The Hall–Kier alpha value is -3.81. The molecule has 2 aliphatic rings. The zero-order valence-electron chi connectivity index (χ0n) is 23.0. The highest BCUT2D eigenvalue weighted by molar-refractivity contribution is 5.91. The van der Waals surface area contributed by atoms with Crippen LogP contribution < -0.4 is 15.8 Å². The molecule has 0 amide bonds. The van der Waals surface area contributed by atoms with E-state index in [9.17, 15) is 14.4 Å². The number of anilines is 3. The number of carbonyl (C=O) groups is 2. The van der Waals surface area contributed by atoms with Crippen molar-refractivity contribution < 1.29 is 9.59 Å². The fourth-order valence-electron chi connectivity index (χ4n) is 6.48. The molecule has 8 heteroatoms. The average Bonchev–Trinajstić information content (AvgIpc) is 2.88. The molecular formula is C31H37N5O3. The maximum atomic E-state index is 12.7. The normalized spacial score (nSPS) is 24.7. The van der Waals surface area contributed by atoms with Crippen LogP contribution in [0.4, 0.5) is 17.3 Å². The number of aromatic nitrogens is 3. The van der Waals surface area contributed by atoms with Crippen LogP contribution in [0, 0.1) is 29.6 Å². The molecule has 1 aromatic carbocycles. The van der Waals surface area contributed by atoms with Gasteiger partial charge in [-0.3, -0.25) is 19.0 Å². The molecule has 1 unspecified atom stereocenters. The van der Waals surface area contributed by atoms with Gasteiger partial charge in [-0.2, -0.15) is 4.98 Å². The molecule has 1 saturated heterocycles. The van der Waals surface area contributed by atoms with Crippen molar-refractivity contribution in [3.63, 3.8) is 0 Å². The van der Waals surface area contributed by atoms with Crippen LogP contribution in [0.1, 0.15) is 40.0 Å². The minimum absolute atomic E-state index is 0.0837. The van der Waals surface area contributed by atoms with Gasteiger partial charge in [-0.1, -0.05) is 20.4 Å². The number of piperidine rings is 1. The van der Waals surface area contributed by atoms with E-state index < -0.39 is 0 Å². The molecule has 1 N–H and O–H groups in total. The van der Waals surface area contributed by atoms with Crippen molar-refractivity contribution in [3.8, 4) is 0 Å². The second-order valence-electron chi connectivity index (χ2n) is 11.4. The van der Waals surface area contributed by atoms with Gasteiger partial charge in [0.05, 0.1) is 0 Å². The molecular weight excluding hydrogens is 490 g/mol. The molecule has 3 aromatic rings. The molecule has 3 atom stereocenters. The Morgan fingerprint density at radius 2 is 1.77 bits per heavy atom. The Labute approximate surface area is 229 Å². The molecule has 8 nitrogen and oxygen atoms in total. The van der Waals surface area contributed by atoms with Gasteiger partial charge in [0.15, 0.2) is 5.78 Å². The highest BCUT2D eigenvalue weighted by Gasteiger charge is 2.35. The summed E-state index contributed by atoms with van der Waals surface area (Å²) in [4.78, 5) is 48.1. The number of benzene rings is 1. The van der Waals surface area contributed by atoms with Gasteiger partial charge < -0.3 is 10.2 Å². The van der Waals surface area contributed by atoms with Gasteiger partial charge in [-0.25, -0.2) is 4.98 Å². The molecule has 0 bridgehead atoms. The molecule has 1 aliphatic heterocycles. The summed E-state index contributed by atoms with van der Waals surface area (Å²) in [6.07, 6.45) is 5.69. The van der Waals surface area contributed by atoms with Crippen molar-refractivity contribution in [1.29, 1.82) is 0 Å². The minimum Gasteiger partial charge on any atom is -0.371 e. The average molecular weight is 528 g/mol. The molecule has 2 aromatic heterocycles. The summed E-state index contributed by atoms with van der Waals surface area (Å²) in [5.41, 5.74) is 2.50. The van der Waals surface area contributed by atoms with Crippen molar-refractivity contribution in [2.75, 3.05) is 23.3 Å². The van der Waals surface area contributed by atoms with Crippen LogP contribution in [0.3, 0.4) is 0 Å². The molecule has 5 rings (SSSR count). The van der Waals surface area contributed by atoms with E-state index in [4.69, 9.17) is 4.98 Å². The standard InChI is InChI=1S/C31H37N5O3/c1-5-27(38)24-14-22(15-24)12-13-36-28(39)11-6-23-16-32-31(34-30(23)36)33-25-7-9-26(10-8-25)35-17-19(2)29(21(4)37)20(3)18-35/h5-11,16,19-20,22,24,29H,1,12-15,17-18H2,2-4H3,(H,32,33,34)/t19-,20+,22?,24?,29?. The fraction of sp³-hybridized carbons (Fsp3) is 0.452. The lowest BCUT2D eigenvalue weighted by Gasteiger charge is -2.41. The summed E-state index contributed by atoms with van der Waals surface area (Å²) >= 11 is 0. The monoisotopic (exact) mass is 527 g/mol. The highest BCUT2D eigenvalue weighted by Crippen LogP contribution is 2.37. The Bertz CT molecular complexity index is 1430. The Balaban J connectivity index is 1.27. The molecule has 204 valence electrons. The molecule has 2 fully saturated rings. The lowest BCUT2D eigenvalue weighted by molar-refractivity contribution is -0.124. The number of allylic oxidation sites excluding steroid dienone is 1. The molecule has 3 heterocycles. The maximum Gasteiger partial charge on any atom is 0.252 e. The first-order valence-corrected chi connectivity index (χ1v) is 13.9. The number of ketones is 2. The van der Waals surface area contributed by atoms with E-state index in [-0.39, 0.29) is 29.0 Å². The third kappa shape index (κ3) is 5.65. The summed E-state index contributed by atoms with van der Waals surface area (Å²) in [6, 6.07) is 11.5. The Morgan fingerprint density at radius 3 is 2.41 bits per heavy atom. The number of hydrogen-bond acceptors (Lipinski definition) is 7. The third-order valence-corrected chi connectivity index (χ3v) is 8.52. The van der Waals surface area contributed by atoms with Gasteiger partial charge in [-0.15, -0.1) is 0 Å². The number of nitrogens with zero attached hydrogens (tertiary/aromatic N) is 4. The molecule has 0 radical (unpaired) electrons. The third-order valence-electron chi connectivity index (χ3n) is 8.52. The number of fused-ring (bicyclic) bond motifs is 1. The van der Waals surface area contributed by atoms with Crippen LogP contribution in [0.25, 0.3) is 11.0 Å². The van der Waals surface area contributed by atoms with Crippen LogP contribution in [-0.4, -0.2) is 39.2 Å². The number of rotatable bonds is 9. The predicted molar refractivity (Wildman–Crippen MR) is 154 cm³/mol. The van der Waals surface area contributed by atoms with Crippen LogP contribution in [0.5, 0.6) is 0 Å². The van der Waals surface area contributed by atoms with Crippen molar-refractivity contribution in [1.82, 2.24) is 14.5 Å². The van der Waals surface area contributed by atoms with E-state index in [1.807, 2.05) is 12.1 Å². The fourth-order valence-corrected chi connectivity index (χ4v) is 6.48. The summed E-state index contributed by atoms with van der Waals surface area (Å²) in [6.45, 7) is 11.9. The van der Waals surface area contributed by atoms with Crippen molar-refractivity contribution in [3.05, 3.63) is 65.6 Å². The lowest BCUT2D eigenvalue weighted by atomic mass is 9.71. The smallest absolute Gasteiger partial charge is 0.252 e. The SMILES string of the molecule is C=CC(=O)C1CC(CCn2c(=O)ccc3cnc(Nc4ccc(N5C[C@@H](C)C(C(C)=O)[C@@H](C)C5)cc4)nc32)C1. The van der Waals surface area contributed by atoms with Crippen molar-refractivity contribution in [2.24, 2.45) is 29.6 Å². The summed E-state index contributed by atoms with van der Waals surface area (Å²) < 4.78 is 1.71. The van der Waals surface area contributed by atoms with Gasteiger partial charge in [0.1, 0.15) is 11.4 Å². The summed E-state index contributed by atoms with van der Waals surface area (Å²) in [5.74, 6) is 2.09. The van der Waals surface area contributed by atoms with Gasteiger partial charge >= 0.3 is 0 Å². The zero-order chi connectivity index (χ0) is 27.7. The van der Waals surface area contributed by atoms with E-state index in [1.54, 1.807) is 29.8 Å². The van der Waals surface area contributed by atoms with E-state index >= 15 is 0 Å². The first kappa shape index (κ1) is 26.8. The second-order valence-corrected chi connectivity index (χ2v) is 11.4. The van der Waals surface area contributed by atoms with E-state index in [1.165, 1.54) is 6.08 Å². The number of pyridine rings is 1. The van der Waals surface area contributed by atoms with Gasteiger partial charge in [0, 0.05) is 60.5 Å². The van der Waals surface area contributed by atoms with Gasteiger partial charge in [0.2, 0.25) is 5.95 Å². The van der Waals surface area contributed by atoms with Crippen LogP contribution in [0.2, 0.25) is 0 Å². The molecule has 0 spiro atoms. The molecule has 39 heavy (non-hydrogen) atoms. The number of aryl methyl sites for hydroxylation is 1. The predicted octanol–water partition coefficient (Wildman–Crippen LogP) is 5.00. The van der Waals surface area contributed by atoms with Crippen LogP contribution in [-0.2, 0) is 16.1 Å². The Kier molecular flexibility index (Phi) is 7.64. The van der Waals surface area contributed by atoms with E-state index in [0.29, 0.717) is 35.9 Å². The van der Waals surface area contributed by atoms with Crippen LogP contribution >= 0.6 is 0 Å². The van der Waals surface area contributed by atoms with Gasteiger partial charge in [0.25, 0.3) is 5.56 Å². The number of carbonyl (C=O) groups excluding carboxylic acids is 2. The van der Waals surface area contributed by atoms with E-state index in [0.717, 1.165) is 49.1 Å². The zero-order valence-corrected chi connectivity index (χ0v) is 23.0. The first-order chi connectivity index (χ1) is 18.7. The summed E-state index contributed by atoms with van der Waals surface area (Å²) in [5, 5.41) is 4.08. The first-order valence-electron chi connectivity index (χ1n) is 13.9. The number of nitrogens with one attached hydrogen (secondary N) is 1. The maximum absolute atomic E-state index is 12.7. The molecule has 1 aliphatic carbocycles. The lowest BCUT2D eigenvalue weighted by Crippen LogP contribution is -2.46. The largest absolute Gasteiger partial charge is 0.371 e. The molecule has 1 saturated carbocycles. The Morgan fingerprint density at radius 1 is 1.08 bits per heavy atom. The number of Topliss-reactive ketones (excluding diaryl/α,β-unsaturated/α-hetero) is 1. The van der Waals surface area contributed by atoms with Gasteiger partial charge in [-0.05, 0) is 80.3 Å². The summed E-state index contributed by atoms with van der Waals surface area (Å²) in [7, 11) is 0. The van der Waals surface area contributed by atoms with Crippen LogP contribution in [0.15, 0.2) is 60.0 Å². The van der Waals surface area contributed by atoms with Crippen molar-refractivity contribution >= 4 is 39.9 Å². The quantitative estimate of drug-likeness (QED) is 0.391. The number of hydrogen-bond donors (Lipinski definition) is 1. The topological polar surface area (TPSA) is 97.2 Å². The minimum atomic E-state index is -0.0912.